The quantitative estimate of drug-likeness (QED) is 0.667. The molecule has 0 saturated carbocycles. The summed E-state index contributed by atoms with van der Waals surface area (Å²) >= 11 is 0. The van der Waals surface area contributed by atoms with Gasteiger partial charge in [0.25, 0.3) is 0 Å². The molecular weight excluding hydrogens is 170 g/mol. The van der Waals surface area contributed by atoms with Crippen molar-refractivity contribution in [3.05, 3.63) is 0 Å². The number of aliphatic hydroxyl groups is 1. The van der Waals surface area contributed by atoms with Crippen molar-refractivity contribution in [1.29, 1.82) is 0 Å². The molecule has 1 rings (SSSR count). The average Bonchev–Trinajstić information content (AvgIpc) is 2.03. The van der Waals surface area contributed by atoms with Crippen molar-refractivity contribution in [2.75, 3.05) is 13.1 Å². The molecule has 1 heterocycles. The van der Waals surface area contributed by atoms with E-state index in [0.29, 0.717) is 13.0 Å². The fourth-order valence-corrected chi connectivity index (χ4v) is 1.83. The molecule has 4 heteroatoms. The molecule has 1 fully saturated rings. The van der Waals surface area contributed by atoms with Gasteiger partial charge in [-0.3, -0.25) is 9.69 Å². The Morgan fingerprint density at radius 3 is 2.85 bits per heavy atom. The Hall–Kier alpha value is -0.610. The summed E-state index contributed by atoms with van der Waals surface area (Å²) in [5, 5.41) is 18.1. The van der Waals surface area contributed by atoms with Crippen LogP contribution in [-0.4, -0.2) is 46.3 Å². The van der Waals surface area contributed by atoms with E-state index in [1.807, 2.05) is 4.90 Å². The first-order chi connectivity index (χ1) is 6.11. The van der Waals surface area contributed by atoms with Crippen LogP contribution in [0.3, 0.4) is 0 Å². The zero-order chi connectivity index (χ0) is 9.84. The molecule has 0 amide bonds. The Kier molecular flexibility index (Phi) is 3.69. The largest absolute Gasteiger partial charge is 0.480 e. The Balaban J connectivity index is 2.51. The van der Waals surface area contributed by atoms with E-state index >= 15 is 0 Å². The lowest BCUT2D eigenvalue weighted by molar-refractivity contribution is -0.145. The number of piperidine rings is 1. The van der Waals surface area contributed by atoms with Gasteiger partial charge in [0.15, 0.2) is 0 Å². The van der Waals surface area contributed by atoms with Gasteiger partial charge in [0.1, 0.15) is 6.04 Å². The van der Waals surface area contributed by atoms with E-state index in [9.17, 15) is 4.79 Å². The molecule has 1 aliphatic rings. The van der Waals surface area contributed by atoms with Crippen LogP contribution < -0.4 is 0 Å². The van der Waals surface area contributed by atoms with Gasteiger partial charge in [-0.15, -0.1) is 0 Å². The van der Waals surface area contributed by atoms with Gasteiger partial charge >= 0.3 is 5.97 Å². The fourth-order valence-electron chi connectivity index (χ4n) is 1.83. The Bertz CT molecular complexity index is 182. The predicted octanol–water partition coefficient (Wildman–Crippen LogP) is 0.306. The third kappa shape index (κ3) is 2.97. The van der Waals surface area contributed by atoms with Gasteiger partial charge in [0, 0.05) is 6.54 Å². The number of aliphatic carboxylic acids is 1. The third-order valence-corrected chi connectivity index (χ3v) is 2.40. The number of hydrogen-bond donors (Lipinski definition) is 2. The van der Waals surface area contributed by atoms with Gasteiger partial charge in [-0.25, -0.2) is 0 Å². The first-order valence-corrected chi connectivity index (χ1v) is 4.76. The van der Waals surface area contributed by atoms with Crippen LogP contribution in [0.25, 0.3) is 0 Å². The van der Waals surface area contributed by atoms with E-state index in [-0.39, 0.29) is 6.04 Å². The Labute approximate surface area is 78.2 Å². The molecular formula is C9H17NO3. The van der Waals surface area contributed by atoms with E-state index in [1.54, 1.807) is 6.92 Å². The minimum atomic E-state index is -0.764. The Morgan fingerprint density at radius 1 is 1.62 bits per heavy atom. The number of nitrogens with zero attached hydrogens (tertiary/aromatic N) is 1. The van der Waals surface area contributed by atoms with E-state index in [2.05, 4.69) is 0 Å². The molecule has 4 nitrogen and oxygen atoms in total. The van der Waals surface area contributed by atoms with Crippen LogP contribution in [0.15, 0.2) is 0 Å². The highest BCUT2D eigenvalue weighted by Crippen LogP contribution is 2.17. The van der Waals surface area contributed by atoms with E-state index in [1.165, 1.54) is 0 Å². The van der Waals surface area contributed by atoms with Gasteiger partial charge in [0.2, 0.25) is 0 Å². The van der Waals surface area contributed by atoms with Crippen molar-refractivity contribution in [1.82, 2.24) is 4.90 Å². The summed E-state index contributed by atoms with van der Waals surface area (Å²) in [7, 11) is 0. The molecule has 1 saturated heterocycles. The topological polar surface area (TPSA) is 60.8 Å². The zero-order valence-corrected chi connectivity index (χ0v) is 7.94. The van der Waals surface area contributed by atoms with Crippen LogP contribution in [0, 0.1) is 0 Å². The lowest BCUT2D eigenvalue weighted by Gasteiger charge is -2.33. The van der Waals surface area contributed by atoms with Crippen molar-refractivity contribution in [2.24, 2.45) is 0 Å². The zero-order valence-electron chi connectivity index (χ0n) is 7.94. The van der Waals surface area contributed by atoms with Gasteiger partial charge in [0.05, 0.1) is 6.10 Å². The maximum atomic E-state index is 10.8. The van der Waals surface area contributed by atoms with Crippen LogP contribution in [0.2, 0.25) is 0 Å². The number of carboxylic acids is 1. The van der Waals surface area contributed by atoms with Gasteiger partial charge < -0.3 is 10.2 Å². The predicted molar refractivity (Wildman–Crippen MR) is 48.5 cm³/mol. The van der Waals surface area contributed by atoms with Crippen LogP contribution in [0.1, 0.15) is 26.2 Å². The van der Waals surface area contributed by atoms with Gasteiger partial charge in [-0.1, -0.05) is 6.42 Å². The molecule has 0 radical (unpaired) electrons. The van der Waals surface area contributed by atoms with Crippen LogP contribution >= 0.6 is 0 Å². The molecule has 13 heavy (non-hydrogen) atoms. The summed E-state index contributed by atoms with van der Waals surface area (Å²) < 4.78 is 0. The summed E-state index contributed by atoms with van der Waals surface area (Å²) in [5.74, 6) is -0.764. The molecule has 2 unspecified atom stereocenters. The van der Waals surface area contributed by atoms with E-state index < -0.39 is 12.1 Å². The normalized spacial score (nSPS) is 27.1. The smallest absolute Gasteiger partial charge is 0.320 e. The second kappa shape index (κ2) is 4.58. The van der Waals surface area contributed by atoms with Crippen LogP contribution in [-0.2, 0) is 4.79 Å². The van der Waals surface area contributed by atoms with Crippen LogP contribution in [0.4, 0.5) is 0 Å². The van der Waals surface area contributed by atoms with Crippen molar-refractivity contribution in [3.63, 3.8) is 0 Å². The second-order valence-corrected chi connectivity index (χ2v) is 3.69. The fraction of sp³-hybridized carbons (Fsp3) is 0.889. The highest BCUT2D eigenvalue weighted by Gasteiger charge is 2.28. The molecule has 2 N–H and O–H groups in total. The monoisotopic (exact) mass is 187 g/mol. The number of carboxylic acid groups (broad SMARTS) is 1. The molecule has 0 bridgehead atoms. The van der Waals surface area contributed by atoms with Crippen molar-refractivity contribution in [3.8, 4) is 0 Å². The van der Waals surface area contributed by atoms with Crippen molar-refractivity contribution in [2.45, 2.75) is 38.3 Å². The first kappa shape index (κ1) is 10.5. The molecule has 0 aromatic rings. The van der Waals surface area contributed by atoms with Crippen molar-refractivity contribution >= 4 is 5.97 Å². The highest BCUT2D eigenvalue weighted by atomic mass is 16.4. The number of rotatable bonds is 3. The maximum absolute atomic E-state index is 10.8. The standard InChI is InChI=1S/C9H17NO3/c1-7(11)6-10-5-3-2-4-8(10)9(12)13/h7-8,11H,2-6H2,1H3,(H,12,13). The SMILES string of the molecule is CC(O)CN1CCCCC1C(=O)O. The average molecular weight is 187 g/mol. The van der Waals surface area contributed by atoms with Crippen LogP contribution in [0.5, 0.6) is 0 Å². The number of likely N-dealkylation sites (tertiary alicyclic amines) is 1. The van der Waals surface area contributed by atoms with Gasteiger partial charge in [-0.05, 0) is 26.3 Å². The van der Waals surface area contributed by atoms with Gasteiger partial charge in [-0.2, -0.15) is 0 Å². The summed E-state index contributed by atoms with van der Waals surface area (Å²) in [4.78, 5) is 12.7. The van der Waals surface area contributed by atoms with Crippen molar-refractivity contribution < 1.29 is 15.0 Å². The molecule has 0 aromatic heterocycles. The lowest BCUT2D eigenvalue weighted by Crippen LogP contribution is -2.47. The number of aliphatic hydroxyl groups excluding tert-OH is 1. The molecule has 1 aliphatic heterocycles. The Morgan fingerprint density at radius 2 is 2.31 bits per heavy atom. The van der Waals surface area contributed by atoms with E-state index in [4.69, 9.17) is 10.2 Å². The summed E-state index contributed by atoms with van der Waals surface area (Å²) in [6.07, 6.45) is 2.28. The molecule has 0 aliphatic carbocycles. The summed E-state index contributed by atoms with van der Waals surface area (Å²) in [5.41, 5.74) is 0. The molecule has 0 spiro atoms. The first-order valence-electron chi connectivity index (χ1n) is 4.76. The highest BCUT2D eigenvalue weighted by molar-refractivity contribution is 5.73. The molecule has 76 valence electrons. The van der Waals surface area contributed by atoms with E-state index in [0.717, 1.165) is 19.4 Å². The molecule has 0 aromatic carbocycles. The number of β-amino-alcohol motifs (C(OH)–C–C–N with tert-alkyl or cyclic N) is 1. The summed E-state index contributed by atoms with van der Waals surface area (Å²) in [6, 6.07) is -0.386. The third-order valence-electron chi connectivity index (χ3n) is 2.40. The minimum Gasteiger partial charge on any atom is -0.480 e. The lowest BCUT2D eigenvalue weighted by atomic mass is 10.0. The number of hydrogen-bond acceptors (Lipinski definition) is 3. The second-order valence-electron chi connectivity index (χ2n) is 3.69. The summed E-state index contributed by atoms with van der Waals surface area (Å²) in [6.45, 7) is 2.95. The minimum absolute atomic E-state index is 0.386. The molecule has 2 atom stereocenters. The maximum Gasteiger partial charge on any atom is 0.320 e. The number of carbonyl (C=O) groups is 1.